The van der Waals surface area contributed by atoms with Crippen LogP contribution in [0.2, 0.25) is 0 Å². The van der Waals surface area contributed by atoms with Gasteiger partial charge in [0, 0.05) is 24.2 Å². The van der Waals surface area contributed by atoms with Crippen LogP contribution in [0.3, 0.4) is 0 Å². The molecule has 0 saturated carbocycles. The topological polar surface area (TPSA) is 86.8 Å². The minimum absolute atomic E-state index is 0.115. The van der Waals surface area contributed by atoms with Crippen molar-refractivity contribution in [1.82, 2.24) is 30.8 Å². The maximum atomic E-state index is 12.6. The van der Waals surface area contributed by atoms with Crippen molar-refractivity contribution in [2.45, 2.75) is 25.9 Å². The maximum absolute atomic E-state index is 12.6. The van der Waals surface area contributed by atoms with Gasteiger partial charge in [-0.3, -0.25) is 9.69 Å². The molecule has 0 unspecified atom stereocenters. The highest BCUT2D eigenvalue weighted by Crippen LogP contribution is 2.17. The van der Waals surface area contributed by atoms with Crippen LogP contribution in [0.15, 0.2) is 48.5 Å². The fourth-order valence-corrected chi connectivity index (χ4v) is 3.43. The van der Waals surface area contributed by atoms with E-state index >= 15 is 0 Å². The molecule has 0 radical (unpaired) electrons. The van der Waals surface area contributed by atoms with Gasteiger partial charge < -0.3 is 5.32 Å². The molecule has 2 N–H and O–H groups in total. The first-order chi connectivity index (χ1) is 13.3. The zero-order valence-corrected chi connectivity index (χ0v) is 15.1. The minimum Gasteiger partial charge on any atom is -0.348 e. The number of rotatable bonds is 6. The Bertz CT molecular complexity index is 902. The molecule has 4 rings (SSSR count). The van der Waals surface area contributed by atoms with Gasteiger partial charge in [-0.1, -0.05) is 36.4 Å². The predicted octanol–water partition coefficient (Wildman–Crippen LogP) is 2.39. The number of benzene rings is 2. The number of H-pyrrole nitrogens is 1. The Labute approximate surface area is 157 Å². The SMILES string of the molecule is O=C(NCc1ccccc1CN1CCCC1)c1cccc(-c2nn[nH]n2)c1. The number of carbonyl (C=O) groups is 1. The molecule has 27 heavy (non-hydrogen) atoms. The number of aromatic nitrogens is 4. The Morgan fingerprint density at radius 2 is 1.89 bits per heavy atom. The van der Waals surface area contributed by atoms with E-state index in [-0.39, 0.29) is 5.91 Å². The van der Waals surface area contributed by atoms with Gasteiger partial charge in [-0.15, -0.1) is 10.2 Å². The fourth-order valence-electron chi connectivity index (χ4n) is 3.43. The molecule has 7 nitrogen and oxygen atoms in total. The fraction of sp³-hybridized carbons (Fsp3) is 0.300. The first-order valence-electron chi connectivity index (χ1n) is 9.21. The number of carbonyl (C=O) groups excluding carboxylic acids is 1. The normalized spacial score (nSPS) is 14.4. The van der Waals surface area contributed by atoms with Crippen LogP contribution in [-0.4, -0.2) is 44.5 Å². The summed E-state index contributed by atoms with van der Waals surface area (Å²) in [5.41, 5.74) is 3.77. The molecule has 0 aliphatic carbocycles. The van der Waals surface area contributed by atoms with Gasteiger partial charge in [-0.05, 0) is 54.4 Å². The van der Waals surface area contributed by atoms with E-state index in [1.807, 2.05) is 18.2 Å². The molecule has 1 aliphatic rings. The molecule has 1 aromatic heterocycles. The van der Waals surface area contributed by atoms with Crippen molar-refractivity contribution >= 4 is 5.91 Å². The third-order valence-corrected chi connectivity index (χ3v) is 4.88. The average molecular weight is 362 g/mol. The van der Waals surface area contributed by atoms with E-state index in [2.05, 4.69) is 49.0 Å². The van der Waals surface area contributed by atoms with Gasteiger partial charge in [0.25, 0.3) is 5.91 Å². The summed E-state index contributed by atoms with van der Waals surface area (Å²) < 4.78 is 0. The summed E-state index contributed by atoms with van der Waals surface area (Å²) >= 11 is 0. The second kappa shape index (κ2) is 8.09. The molecule has 1 saturated heterocycles. The van der Waals surface area contributed by atoms with E-state index in [9.17, 15) is 4.79 Å². The molecule has 0 atom stereocenters. The monoisotopic (exact) mass is 362 g/mol. The lowest BCUT2D eigenvalue weighted by Crippen LogP contribution is -2.25. The minimum atomic E-state index is -0.115. The molecule has 2 heterocycles. The number of amides is 1. The Morgan fingerprint density at radius 1 is 1.07 bits per heavy atom. The highest BCUT2D eigenvalue weighted by Gasteiger charge is 2.14. The lowest BCUT2D eigenvalue weighted by atomic mass is 10.1. The van der Waals surface area contributed by atoms with Gasteiger partial charge in [0.15, 0.2) is 0 Å². The summed E-state index contributed by atoms with van der Waals surface area (Å²) in [6.07, 6.45) is 2.55. The highest BCUT2D eigenvalue weighted by atomic mass is 16.1. The van der Waals surface area contributed by atoms with Gasteiger partial charge in [0.1, 0.15) is 0 Å². The van der Waals surface area contributed by atoms with Gasteiger partial charge >= 0.3 is 0 Å². The van der Waals surface area contributed by atoms with E-state index in [4.69, 9.17) is 0 Å². The van der Waals surface area contributed by atoms with Crippen LogP contribution >= 0.6 is 0 Å². The van der Waals surface area contributed by atoms with E-state index in [0.717, 1.165) is 30.8 Å². The number of nitrogens with zero attached hydrogens (tertiary/aromatic N) is 4. The standard InChI is InChI=1S/C20H22N6O/c27-20(16-9-5-8-15(12-16)19-22-24-25-23-19)21-13-17-6-1-2-7-18(17)14-26-10-3-4-11-26/h1-2,5-9,12H,3-4,10-11,13-14H2,(H,21,27)(H,22,23,24,25). The van der Waals surface area contributed by atoms with E-state index < -0.39 is 0 Å². The zero-order chi connectivity index (χ0) is 18.5. The molecular weight excluding hydrogens is 340 g/mol. The molecule has 2 aromatic carbocycles. The summed E-state index contributed by atoms with van der Waals surface area (Å²) in [6, 6.07) is 15.6. The van der Waals surface area contributed by atoms with Gasteiger partial charge in [0.05, 0.1) is 0 Å². The summed E-state index contributed by atoms with van der Waals surface area (Å²) in [5, 5.41) is 16.9. The molecule has 7 heteroatoms. The number of hydrogen-bond donors (Lipinski definition) is 2. The quantitative estimate of drug-likeness (QED) is 0.703. The smallest absolute Gasteiger partial charge is 0.251 e. The molecule has 1 aliphatic heterocycles. The van der Waals surface area contributed by atoms with Gasteiger partial charge in [-0.2, -0.15) is 5.21 Å². The number of aromatic amines is 1. The van der Waals surface area contributed by atoms with Crippen molar-refractivity contribution in [1.29, 1.82) is 0 Å². The van der Waals surface area contributed by atoms with E-state index in [1.54, 1.807) is 12.1 Å². The third kappa shape index (κ3) is 4.20. The average Bonchev–Trinajstić information content (AvgIpc) is 3.41. The predicted molar refractivity (Wildman–Crippen MR) is 102 cm³/mol. The number of hydrogen-bond acceptors (Lipinski definition) is 5. The summed E-state index contributed by atoms with van der Waals surface area (Å²) in [5.74, 6) is 0.358. The lowest BCUT2D eigenvalue weighted by Gasteiger charge is -2.17. The largest absolute Gasteiger partial charge is 0.348 e. The first-order valence-corrected chi connectivity index (χ1v) is 9.21. The molecule has 0 spiro atoms. The van der Waals surface area contributed by atoms with Crippen LogP contribution in [0.4, 0.5) is 0 Å². The molecular formula is C20H22N6O. The molecule has 138 valence electrons. The Balaban J connectivity index is 1.43. The van der Waals surface area contributed by atoms with Crippen LogP contribution in [0.1, 0.15) is 34.3 Å². The molecule has 1 fully saturated rings. The maximum Gasteiger partial charge on any atom is 0.251 e. The van der Waals surface area contributed by atoms with E-state index in [0.29, 0.717) is 17.9 Å². The van der Waals surface area contributed by atoms with Crippen LogP contribution in [0.25, 0.3) is 11.4 Å². The third-order valence-electron chi connectivity index (χ3n) is 4.88. The molecule has 0 bridgehead atoms. The summed E-state index contributed by atoms with van der Waals surface area (Å²) in [4.78, 5) is 15.1. The summed E-state index contributed by atoms with van der Waals surface area (Å²) in [6.45, 7) is 3.77. The van der Waals surface area contributed by atoms with Crippen molar-refractivity contribution in [3.63, 3.8) is 0 Å². The van der Waals surface area contributed by atoms with Gasteiger partial charge in [0.2, 0.25) is 5.82 Å². The van der Waals surface area contributed by atoms with Gasteiger partial charge in [-0.25, -0.2) is 0 Å². The van der Waals surface area contributed by atoms with Crippen molar-refractivity contribution in [3.05, 3.63) is 65.2 Å². The van der Waals surface area contributed by atoms with Crippen LogP contribution < -0.4 is 5.32 Å². The first kappa shape index (κ1) is 17.4. The second-order valence-electron chi connectivity index (χ2n) is 6.75. The van der Waals surface area contributed by atoms with Crippen molar-refractivity contribution in [3.8, 4) is 11.4 Å². The molecule has 1 amide bonds. The van der Waals surface area contributed by atoms with Crippen LogP contribution in [0.5, 0.6) is 0 Å². The Kier molecular flexibility index (Phi) is 5.20. The zero-order valence-electron chi connectivity index (χ0n) is 15.1. The van der Waals surface area contributed by atoms with Crippen molar-refractivity contribution < 1.29 is 4.79 Å². The van der Waals surface area contributed by atoms with Crippen LogP contribution in [0, 0.1) is 0 Å². The van der Waals surface area contributed by atoms with Crippen molar-refractivity contribution in [2.75, 3.05) is 13.1 Å². The molecule has 3 aromatic rings. The number of tetrazole rings is 1. The van der Waals surface area contributed by atoms with E-state index in [1.165, 1.54) is 18.4 Å². The lowest BCUT2D eigenvalue weighted by molar-refractivity contribution is 0.0951. The van der Waals surface area contributed by atoms with Crippen LogP contribution in [-0.2, 0) is 13.1 Å². The Hall–Kier alpha value is -3.06. The Morgan fingerprint density at radius 3 is 2.67 bits per heavy atom. The highest BCUT2D eigenvalue weighted by molar-refractivity contribution is 5.95. The summed E-state index contributed by atoms with van der Waals surface area (Å²) in [7, 11) is 0. The number of nitrogens with one attached hydrogen (secondary N) is 2. The second-order valence-corrected chi connectivity index (χ2v) is 6.75. The van der Waals surface area contributed by atoms with Crippen molar-refractivity contribution in [2.24, 2.45) is 0 Å². The number of likely N-dealkylation sites (tertiary alicyclic amines) is 1.